The molecule has 1 amide bonds. The van der Waals surface area contributed by atoms with Crippen LogP contribution in [0.5, 0.6) is 0 Å². The van der Waals surface area contributed by atoms with E-state index < -0.39 is 20.5 Å². The Morgan fingerprint density at radius 1 is 1.10 bits per heavy atom. The second kappa shape index (κ2) is 8.83. The maximum atomic E-state index is 12.6. The third kappa shape index (κ3) is 4.73. The number of hydrogen-bond donors (Lipinski definition) is 2. The molecule has 9 heteroatoms. The van der Waals surface area contributed by atoms with Gasteiger partial charge in [-0.15, -0.1) is 0 Å². The van der Waals surface area contributed by atoms with Crippen LogP contribution in [0.2, 0.25) is 0 Å². The van der Waals surface area contributed by atoms with Crippen molar-refractivity contribution >= 4 is 15.7 Å². The highest BCUT2D eigenvalue weighted by atomic mass is 32.2. The molecular formula is C22H23N3O5S. The van der Waals surface area contributed by atoms with Crippen molar-refractivity contribution < 1.29 is 18.4 Å². The first-order valence-corrected chi connectivity index (χ1v) is 11.4. The van der Waals surface area contributed by atoms with Gasteiger partial charge in [0, 0.05) is 36.8 Å². The molecule has 0 aliphatic rings. The molecule has 3 rings (SSSR count). The molecule has 0 saturated carbocycles. The van der Waals surface area contributed by atoms with Gasteiger partial charge in [0.1, 0.15) is 0 Å². The van der Waals surface area contributed by atoms with Gasteiger partial charge in [0.25, 0.3) is 11.5 Å². The minimum atomic E-state index is -3.83. The Morgan fingerprint density at radius 2 is 1.77 bits per heavy atom. The lowest BCUT2D eigenvalue weighted by Crippen LogP contribution is -2.49. The molecule has 0 spiro atoms. The second-order valence-electron chi connectivity index (χ2n) is 7.43. The molecule has 0 aliphatic carbocycles. The number of rotatable bonds is 7. The highest BCUT2D eigenvalue weighted by molar-refractivity contribution is 7.92. The van der Waals surface area contributed by atoms with Gasteiger partial charge in [0.15, 0.2) is 14.6 Å². The van der Waals surface area contributed by atoms with Crippen molar-refractivity contribution in [1.29, 1.82) is 0 Å². The quantitative estimate of drug-likeness (QED) is 0.429. The minimum Gasteiger partial charge on any atom is -0.315 e. The average Bonchev–Trinajstić information content (AvgIpc) is 2.77. The summed E-state index contributed by atoms with van der Waals surface area (Å²) in [6.07, 6.45) is 4.03. The molecule has 2 aromatic heterocycles. The zero-order valence-electron chi connectivity index (χ0n) is 17.1. The van der Waals surface area contributed by atoms with Gasteiger partial charge in [-0.05, 0) is 42.7 Å². The van der Waals surface area contributed by atoms with E-state index in [2.05, 4.69) is 4.98 Å². The van der Waals surface area contributed by atoms with Gasteiger partial charge in [-0.3, -0.25) is 19.8 Å². The molecule has 0 aliphatic heterocycles. The van der Waals surface area contributed by atoms with Crippen molar-refractivity contribution in [2.24, 2.45) is 0 Å². The normalized spacial score (nSPS) is 13.4. The molecule has 0 saturated heterocycles. The second-order valence-corrected chi connectivity index (χ2v) is 9.88. The SMILES string of the molecule is CC(CCn1ccc(-c2ccc(-c3ccccn3)cc2)cc1=O)(C(=O)NO)S(C)(=O)=O. The molecule has 1 atom stereocenters. The molecule has 0 radical (unpaired) electrons. The van der Waals surface area contributed by atoms with Crippen LogP contribution in [0.1, 0.15) is 13.3 Å². The van der Waals surface area contributed by atoms with E-state index in [0.717, 1.165) is 23.1 Å². The average molecular weight is 442 g/mol. The number of sulfone groups is 1. The summed E-state index contributed by atoms with van der Waals surface area (Å²) < 4.78 is 23.6. The van der Waals surface area contributed by atoms with Gasteiger partial charge in [-0.2, -0.15) is 0 Å². The lowest BCUT2D eigenvalue weighted by Gasteiger charge is -2.25. The fourth-order valence-corrected chi connectivity index (χ4v) is 4.00. The summed E-state index contributed by atoms with van der Waals surface area (Å²) in [6, 6.07) is 16.5. The molecule has 1 aromatic carbocycles. The van der Waals surface area contributed by atoms with Crippen LogP contribution in [-0.4, -0.2) is 40.1 Å². The van der Waals surface area contributed by atoms with Gasteiger partial charge in [-0.25, -0.2) is 13.9 Å². The van der Waals surface area contributed by atoms with E-state index in [1.807, 2.05) is 42.5 Å². The Balaban J connectivity index is 1.80. The zero-order valence-corrected chi connectivity index (χ0v) is 18.0. The van der Waals surface area contributed by atoms with Crippen LogP contribution in [0, 0.1) is 0 Å². The molecule has 3 aromatic rings. The van der Waals surface area contributed by atoms with Crippen LogP contribution < -0.4 is 11.0 Å². The highest BCUT2D eigenvalue weighted by Gasteiger charge is 2.43. The number of carbonyl (C=O) groups excluding carboxylic acids is 1. The molecular weight excluding hydrogens is 418 g/mol. The van der Waals surface area contributed by atoms with Gasteiger partial charge in [-0.1, -0.05) is 30.3 Å². The van der Waals surface area contributed by atoms with Gasteiger partial charge < -0.3 is 4.57 Å². The molecule has 2 heterocycles. The largest absolute Gasteiger partial charge is 0.315 e. The monoisotopic (exact) mass is 441 g/mol. The van der Waals surface area contributed by atoms with Crippen LogP contribution in [0.3, 0.4) is 0 Å². The fourth-order valence-electron chi connectivity index (χ4n) is 3.16. The van der Waals surface area contributed by atoms with Gasteiger partial charge in [0.2, 0.25) is 0 Å². The predicted octanol–water partition coefficient (Wildman–Crippen LogP) is 2.28. The highest BCUT2D eigenvalue weighted by Crippen LogP contribution is 2.24. The first-order valence-electron chi connectivity index (χ1n) is 9.52. The maximum Gasteiger partial charge on any atom is 0.264 e. The number of nitrogens with zero attached hydrogens (tertiary/aromatic N) is 2. The number of benzene rings is 1. The lowest BCUT2D eigenvalue weighted by atomic mass is 10.0. The van der Waals surface area contributed by atoms with Crippen molar-refractivity contribution in [2.75, 3.05) is 6.26 Å². The topological polar surface area (TPSA) is 118 Å². The number of hydroxylamine groups is 1. The number of aromatic nitrogens is 2. The maximum absolute atomic E-state index is 12.6. The summed E-state index contributed by atoms with van der Waals surface area (Å²) in [5, 5.41) is 8.90. The molecule has 0 bridgehead atoms. The van der Waals surface area contributed by atoms with Crippen molar-refractivity contribution in [3.63, 3.8) is 0 Å². The van der Waals surface area contributed by atoms with Gasteiger partial charge in [0.05, 0.1) is 5.69 Å². The summed E-state index contributed by atoms with van der Waals surface area (Å²) >= 11 is 0. The Hall–Kier alpha value is -3.30. The van der Waals surface area contributed by atoms with Crippen molar-refractivity contribution in [3.8, 4) is 22.4 Å². The summed E-state index contributed by atoms with van der Waals surface area (Å²) in [4.78, 5) is 28.8. The van der Waals surface area contributed by atoms with Crippen LogP contribution in [0.25, 0.3) is 22.4 Å². The summed E-state index contributed by atoms with van der Waals surface area (Å²) in [5.41, 5.74) is 4.45. The van der Waals surface area contributed by atoms with Crippen LogP contribution >= 0.6 is 0 Å². The Morgan fingerprint density at radius 3 is 2.32 bits per heavy atom. The van der Waals surface area contributed by atoms with Crippen LogP contribution in [0.4, 0.5) is 0 Å². The van der Waals surface area contributed by atoms with Crippen LogP contribution in [-0.2, 0) is 21.2 Å². The first kappa shape index (κ1) is 22.4. The number of aryl methyl sites for hydroxylation is 1. The smallest absolute Gasteiger partial charge is 0.264 e. The molecule has 0 fully saturated rings. The van der Waals surface area contributed by atoms with E-state index >= 15 is 0 Å². The van der Waals surface area contributed by atoms with Crippen molar-refractivity contribution in [3.05, 3.63) is 77.3 Å². The lowest BCUT2D eigenvalue weighted by molar-refractivity contribution is -0.131. The van der Waals surface area contributed by atoms with E-state index in [0.29, 0.717) is 5.56 Å². The number of carbonyl (C=O) groups is 1. The minimum absolute atomic E-state index is 0.00524. The number of amides is 1. The van der Waals surface area contributed by atoms with E-state index in [4.69, 9.17) is 5.21 Å². The Bertz CT molecular complexity index is 1240. The molecule has 8 nitrogen and oxygen atoms in total. The van der Waals surface area contributed by atoms with E-state index in [-0.39, 0.29) is 18.5 Å². The van der Waals surface area contributed by atoms with Gasteiger partial charge >= 0.3 is 0 Å². The van der Waals surface area contributed by atoms with Crippen molar-refractivity contribution in [1.82, 2.24) is 15.0 Å². The molecule has 2 N–H and O–H groups in total. The zero-order chi connectivity index (χ0) is 22.6. The molecule has 1 unspecified atom stereocenters. The number of pyridine rings is 2. The first-order chi connectivity index (χ1) is 14.7. The molecule has 162 valence electrons. The summed E-state index contributed by atoms with van der Waals surface area (Å²) in [5.74, 6) is -1.03. The fraction of sp³-hybridized carbons (Fsp3) is 0.227. The van der Waals surface area contributed by atoms with Crippen LogP contribution in [0.15, 0.2) is 71.8 Å². The summed E-state index contributed by atoms with van der Waals surface area (Å²) in [7, 11) is -3.83. The standard InChI is InChI=1S/C22H23N3O5S/c1-22(21(27)24-28,31(2,29)30)11-14-25-13-10-18(15-20(25)26)16-6-8-17(9-7-16)19-5-3-4-12-23-19/h3-10,12-13,15,28H,11,14H2,1-2H3,(H,24,27). The van der Waals surface area contributed by atoms with Crippen molar-refractivity contribution in [2.45, 2.75) is 24.6 Å². The third-order valence-electron chi connectivity index (χ3n) is 5.40. The van der Waals surface area contributed by atoms with E-state index in [1.165, 1.54) is 23.0 Å². The van der Waals surface area contributed by atoms with E-state index in [1.54, 1.807) is 18.5 Å². The predicted molar refractivity (Wildman–Crippen MR) is 117 cm³/mol. The number of hydrogen-bond acceptors (Lipinski definition) is 6. The third-order valence-corrected chi connectivity index (χ3v) is 7.43. The summed E-state index contributed by atoms with van der Waals surface area (Å²) in [6.45, 7) is 1.21. The van der Waals surface area contributed by atoms with E-state index in [9.17, 15) is 18.0 Å². The Kier molecular flexibility index (Phi) is 6.37. The Labute approximate surface area is 180 Å². The number of nitrogens with one attached hydrogen (secondary N) is 1. The molecule has 31 heavy (non-hydrogen) atoms.